The molecule has 0 unspecified atom stereocenters. The summed E-state index contributed by atoms with van der Waals surface area (Å²) in [6, 6.07) is 13.7. The second kappa shape index (κ2) is 7.69. The van der Waals surface area contributed by atoms with Crippen molar-refractivity contribution < 1.29 is 8.42 Å². The minimum atomic E-state index is -3.33. The zero-order valence-electron chi connectivity index (χ0n) is 18.8. The van der Waals surface area contributed by atoms with Gasteiger partial charge in [0.15, 0.2) is 0 Å². The van der Waals surface area contributed by atoms with Gasteiger partial charge in [0.1, 0.15) is 22.8 Å². The van der Waals surface area contributed by atoms with Gasteiger partial charge in [-0.3, -0.25) is 9.67 Å². The molecular weight excluding hydrogens is 464 g/mol. The maximum absolute atomic E-state index is 11.9. The summed E-state index contributed by atoms with van der Waals surface area (Å²) in [5.41, 5.74) is 3.97. The number of nitriles is 1. The number of aromatic amines is 1. The number of nitrogens with zero attached hydrogens (tertiary/aromatic N) is 7. The van der Waals surface area contributed by atoms with Gasteiger partial charge >= 0.3 is 0 Å². The Hall–Kier alpha value is -4.14. The summed E-state index contributed by atoms with van der Waals surface area (Å²) in [6.07, 6.45) is 8.47. The van der Waals surface area contributed by atoms with E-state index in [9.17, 15) is 13.7 Å². The monoisotopic (exact) mass is 484 g/mol. The van der Waals surface area contributed by atoms with Gasteiger partial charge in [0, 0.05) is 54.4 Å². The fraction of sp³-hybridized carbons (Fsp3) is 0.208. The van der Waals surface area contributed by atoms with E-state index in [0.717, 1.165) is 33.5 Å². The molecule has 3 aliphatic heterocycles. The van der Waals surface area contributed by atoms with Crippen molar-refractivity contribution in [2.45, 2.75) is 12.0 Å². The minimum Gasteiger partial charge on any atom is -0.345 e. The maximum atomic E-state index is 11.9. The molecule has 6 rings (SSSR count). The predicted molar refractivity (Wildman–Crippen MR) is 130 cm³/mol. The van der Waals surface area contributed by atoms with Crippen LogP contribution in [0.1, 0.15) is 6.42 Å². The fourth-order valence-electron chi connectivity index (χ4n) is 4.55. The van der Waals surface area contributed by atoms with Crippen molar-refractivity contribution in [3.05, 3.63) is 61.2 Å². The number of hydrogen-bond acceptors (Lipinski definition) is 7. The predicted octanol–water partition coefficient (Wildman–Crippen LogP) is 2.87. The van der Waals surface area contributed by atoms with Crippen LogP contribution in [-0.4, -0.2) is 61.8 Å². The van der Waals surface area contributed by atoms with E-state index in [4.69, 9.17) is 10.1 Å². The Labute approximate surface area is 201 Å². The summed E-state index contributed by atoms with van der Waals surface area (Å²) in [5, 5.41) is 15.0. The van der Waals surface area contributed by atoms with E-state index >= 15 is 0 Å². The average molecular weight is 485 g/mol. The lowest BCUT2D eigenvalue weighted by Gasteiger charge is -2.47. The molecule has 35 heavy (non-hydrogen) atoms. The Morgan fingerprint density at radius 1 is 1.11 bits per heavy atom. The van der Waals surface area contributed by atoms with E-state index < -0.39 is 15.6 Å². The van der Waals surface area contributed by atoms with Gasteiger partial charge in [0.25, 0.3) is 0 Å². The summed E-state index contributed by atoms with van der Waals surface area (Å²) >= 11 is 0. The summed E-state index contributed by atoms with van der Waals surface area (Å²) in [7, 11) is -3.33. The lowest BCUT2D eigenvalue weighted by Crippen LogP contribution is -2.63. The molecule has 1 N–H and O–H groups in total. The molecule has 0 spiro atoms. The van der Waals surface area contributed by atoms with Crippen LogP contribution in [-0.2, 0) is 15.6 Å². The molecule has 1 fully saturated rings. The van der Waals surface area contributed by atoms with Crippen LogP contribution in [0.15, 0.2) is 61.2 Å². The van der Waals surface area contributed by atoms with E-state index in [1.165, 1.54) is 10.6 Å². The van der Waals surface area contributed by atoms with Crippen LogP contribution in [0.3, 0.4) is 0 Å². The molecule has 3 aromatic rings. The Morgan fingerprint density at radius 3 is 2.77 bits per heavy atom. The Bertz CT molecular complexity index is 1690. The SMILES string of the molecule is CS(=O)(=O)N1CC(CC#N)(n2ccc(-c3nc(-c4c[nH]c5nccc-5c4)cc4ncccc34)n2)C1. The van der Waals surface area contributed by atoms with E-state index in [1.54, 1.807) is 23.3 Å². The van der Waals surface area contributed by atoms with Crippen LogP contribution < -0.4 is 0 Å². The van der Waals surface area contributed by atoms with Crippen LogP contribution in [0, 0.1) is 11.3 Å². The van der Waals surface area contributed by atoms with Gasteiger partial charge < -0.3 is 4.98 Å². The van der Waals surface area contributed by atoms with E-state index in [2.05, 4.69) is 21.0 Å². The van der Waals surface area contributed by atoms with E-state index in [1.807, 2.05) is 42.6 Å². The Balaban J connectivity index is 1.45. The zero-order valence-corrected chi connectivity index (χ0v) is 19.6. The number of H-pyrrole nitrogens is 1. The van der Waals surface area contributed by atoms with Crippen molar-refractivity contribution in [1.29, 1.82) is 5.26 Å². The van der Waals surface area contributed by atoms with Crippen LogP contribution in [0.5, 0.6) is 0 Å². The maximum Gasteiger partial charge on any atom is 0.211 e. The number of pyridine rings is 3. The topological polar surface area (TPSA) is 133 Å². The highest BCUT2D eigenvalue weighted by atomic mass is 32.2. The molecule has 1 saturated heterocycles. The molecular formula is C24H20N8O2S. The molecule has 0 atom stereocenters. The number of aromatic nitrogens is 6. The molecule has 0 amide bonds. The molecule has 6 heterocycles. The lowest BCUT2D eigenvalue weighted by atomic mass is 9.89. The molecule has 0 saturated carbocycles. The van der Waals surface area contributed by atoms with Gasteiger partial charge in [-0.05, 0) is 36.4 Å². The minimum absolute atomic E-state index is 0.152. The molecule has 0 bridgehead atoms. The van der Waals surface area contributed by atoms with Crippen LogP contribution in [0.2, 0.25) is 0 Å². The van der Waals surface area contributed by atoms with E-state index in [0.29, 0.717) is 11.4 Å². The van der Waals surface area contributed by atoms with Gasteiger partial charge in [0.2, 0.25) is 10.0 Å². The largest absolute Gasteiger partial charge is 0.345 e. The van der Waals surface area contributed by atoms with Crippen molar-refractivity contribution >= 4 is 20.9 Å². The quantitative estimate of drug-likeness (QED) is 0.405. The number of hydrogen-bond donors (Lipinski definition) is 1. The Morgan fingerprint density at radius 2 is 1.97 bits per heavy atom. The van der Waals surface area contributed by atoms with Crippen LogP contribution in [0.25, 0.3) is 44.9 Å². The normalized spacial score (nSPS) is 15.8. The number of rotatable bonds is 5. The third-order valence-corrected chi connectivity index (χ3v) is 7.63. The van der Waals surface area contributed by atoms with Crippen molar-refractivity contribution in [1.82, 2.24) is 34.0 Å². The smallest absolute Gasteiger partial charge is 0.211 e. The zero-order chi connectivity index (χ0) is 24.2. The lowest BCUT2D eigenvalue weighted by molar-refractivity contribution is 0.0726. The Kier molecular flexibility index (Phi) is 4.70. The van der Waals surface area contributed by atoms with Gasteiger partial charge in [-0.25, -0.2) is 18.4 Å². The van der Waals surface area contributed by atoms with Crippen LogP contribution >= 0.6 is 0 Å². The number of fused-ring (bicyclic) bond motifs is 2. The summed E-state index contributed by atoms with van der Waals surface area (Å²) < 4.78 is 26.9. The summed E-state index contributed by atoms with van der Waals surface area (Å²) in [4.78, 5) is 17.0. The first-order valence-electron chi connectivity index (χ1n) is 10.9. The van der Waals surface area contributed by atoms with Gasteiger partial charge in [-0.15, -0.1) is 0 Å². The molecule has 3 aliphatic rings. The number of sulfonamides is 1. The first-order valence-corrected chi connectivity index (χ1v) is 12.8. The fourth-order valence-corrected chi connectivity index (χ4v) is 5.50. The molecule has 0 radical (unpaired) electrons. The first kappa shape index (κ1) is 21.4. The molecule has 3 aromatic heterocycles. The van der Waals surface area contributed by atoms with Crippen molar-refractivity contribution in [2.75, 3.05) is 19.3 Å². The van der Waals surface area contributed by atoms with Gasteiger partial charge in [-0.2, -0.15) is 14.7 Å². The third-order valence-electron chi connectivity index (χ3n) is 6.44. The second-order valence-corrected chi connectivity index (χ2v) is 10.8. The van der Waals surface area contributed by atoms with Gasteiger partial charge in [0.05, 0.1) is 30.0 Å². The highest BCUT2D eigenvalue weighted by Gasteiger charge is 2.49. The molecule has 11 heteroatoms. The summed E-state index contributed by atoms with van der Waals surface area (Å²) in [5.74, 6) is 0.804. The van der Waals surface area contributed by atoms with Crippen molar-refractivity contribution in [2.24, 2.45) is 0 Å². The highest BCUT2D eigenvalue weighted by molar-refractivity contribution is 7.88. The molecule has 0 aromatic carbocycles. The van der Waals surface area contributed by atoms with E-state index in [-0.39, 0.29) is 19.5 Å². The van der Waals surface area contributed by atoms with Crippen molar-refractivity contribution in [3.63, 3.8) is 0 Å². The van der Waals surface area contributed by atoms with Crippen molar-refractivity contribution in [3.8, 4) is 40.1 Å². The first-order chi connectivity index (χ1) is 16.9. The van der Waals surface area contributed by atoms with Crippen LogP contribution in [0.4, 0.5) is 0 Å². The molecule has 174 valence electrons. The highest BCUT2D eigenvalue weighted by Crippen LogP contribution is 2.36. The standard InChI is InChI=1S/C24H20N8O2S/c1-35(33,34)31-14-24(15-31,6-7-25)32-10-5-19(30-32)22-18-3-2-8-26-21(18)12-20(29-22)17-11-16-4-9-27-23(16)28-13-17/h2-5,8-13H,6,14-15H2,1H3,(H,27,28). The third kappa shape index (κ3) is 3.54. The summed E-state index contributed by atoms with van der Waals surface area (Å²) in [6.45, 7) is 0.416. The second-order valence-electron chi connectivity index (χ2n) is 8.80. The number of nitrogens with one attached hydrogen (secondary N) is 1. The molecule has 0 aliphatic carbocycles. The van der Waals surface area contributed by atoms with Gasteiger partial charge in [-0.1, -0.05) is 0 Å². The molecule has 10 nitrogen and oxygen atoms in total. The average Bonchev–Trinajstić information content (AvgIpc) is 3.49.